The Morgan fingerprint density at radius 3 is 2.13 bits per heavy atom. The predicted octanol–water partition coefficient (Wildman–Crippen LogP) is 3.46. The highest BCUT2D eigenvalue weighted by atomic mass is 32.2. The molecular formula is C19H22F6N2O3S. The number of sulfonamides is 1. The molecule has 3 fully saturated rings. The highest BCUT2D eigenvalue weighted by Crippen LogP contribution is 2.45. The largest absolute Gasteiger partial charge is 0.417 e. The SMILES string of the molecule is O=S(=O)(c1ccc(C(F)(F)F)cc1C(F)(F)F)N1CC2(CN(CC3CCOCC3)C2)C1. The van der Waals surface area contributed by atoms with Gasteiger partial charge in [-0.1, -0.05) is 0 Å². The van der Waals surface area contributed by atoms with Gasteiger partial charge in [-0.05, 0) is 37.0 Å². The van der Waals surface area contributed by atoms with Crippen molar-refractivity contribution in [2.75, 3.05) is 45.9 Å². The fourth-order valence-electron chi connectivity index (χ4n) is 4.69. The first-order chi connectivity index (χ1) is 14.3. The summed E-state index contributed by atoms with van der Waals surface area (Å²) >= 11 is 0. The van der Waals surface area contributed by atoms with Gasteiger partial charge in [0.2, 0.25) is 10.0 Å². The lowest BCUT2D eigenvalue weighted by Crippen LogP contribution is -2.73. The minimum absolute atomic E-state index is 0.0674. The number of ether oxygens (including phenoxy) is 1. The van der Waals surface area contributed by atoms with Crippen LogP contribution in [0.25, 0.3) is 0 Å². The molecule has 3 saturated heterocycles. The van der Waals surface area contributed by atoms with Crippen LogP contribution in [0.5, 0.6) is 0 Å². The highest BCUT2D eigenvalue weighted by Gasteiger charge is 2.56. The van der Waals surface area contributed by atoms with Crippen LogP contribution in [0, 0.1) is 11.3 Å². The standard InChI is InChI=1S/C19H22F6N2O3S/c20-18(21,22)14-1-2-16(15(7-14)19(23,24)25)31(28,29)27-11-17(12-27)9-26(10-17)8-13-3-5-30-6-4-13/h1-2,7,13H,3-6,8-12H2. The number of alkyl halides is 6. The number of benzene rings is 1. The summed E-state index contributed by atoms with van der Waals surface area (Å²) < 4.78 is 110. The molecule has 31 heavy (non-hydrogen) atoms. The van der Waals surface area contributed by atoms with E-state index in [1.54, 1.807) is 0 Å². The lowest BCUT2D eigenvalue weighted by atomic mass is 9.74. The van der Waals surface area contributed by atoms with E-state index in [1.807, 2.05) is 0 Å². The fraction of sp³-hybridized carbons (Fsp3) is 0.684. The molecule has 1 aromatic rings. The molecule has 12 heteroatoms. The van der Waals surface area contributed by atoms with E-state index in [9.17, 15) is 34.8 Å². The molecule has 0 saturated carbocycles. The van der Waals surface area contributed by atoms with Crippen LogP contribution in [0.4, 0.5) is 26.3 Å². The zero-order chi connectivity index (χ0) is 22.7. The zero-order valence-electron chi connectivity index (χ0n) is 16.5. The van der Waals surface area contributed by atoms with Crippen molar-refractivity contribution in [3.05, 3.63) is 29.3 Å². The van der Waals surface area contributed by atoms with Crippen LogP contribution in [0.3, 0.4) is 0 Å². The van der Waals surface area contributed by atoms with E-state index >= 15 is 0 Å². The summed E-state index contributed by atoms with van der Waals surface area (Å²) in [6.07, 6.45) is -8.30. The van der Waals surface area contributed by atoms with Crippen LogP contribution < -0.4 is 0 Å². The van der Waals surface area contributed by atoms with Crippen LogP contribution in [-0.2, 0) is 27.1 Å². The Balaban J connectivity index is 1.44. The molecule has 0 aliphatic carbocycles. The van der Waals surface area contributed by atoms with Gasteiger partial charge in [0, 0.05) is 51.4 Å². The smallest absolute Gasteiger partial charge is 0.381 e. The second kappa shape index (κ2) is 7.60. The second-order valence-electron chi connectivity index (χ2n) is 8.70. The van der Waals surface area contributed by atoms with E-state index in [1.165, 1.54) is 0 Å². The van der Waals surface area contributed by atoms with E-state index in [2.05, 4.69) is 4.90 Å². The third-order valence-corrected chi connectivity index (χ3v) is 8.08. The van der Waals surface area contributed by atoms with Gasteiger partial charge in [0.05, 0.1) is 16.0 Å². The summed E-state index contributed by atoms with van der Waals surface area (Å²) in [6, 6.07) is 0.641. The quantitative estimate of drug-likeness (QED) is 0.630. The maximum atomic E-state index is 13.4. The van der Waals surface area contributed by atoms with Crippen molar-refractivity contribution in [2.45, 2.75) is 30.1 Å². The molecule has 4 rings (SSSR count). The first-order valence-electron chi connectivity index (χ1n) is 9.89. The van der Waals surface area contributed by atoms with E-state index in [0.717, 1.165) is 36.9 Å². The molecule has 0 N–H and O–H groups in total. The summed E-state index contributed by atoms with van der Waals surface area (Å²) in [5.41, 5.74) is -3.62. The van der Waals surface area contributed by atoms with Crippen molar-refractivity contribution in [3.63, 3.8) is 0 Å². The molecule has 0 aromatic heterocycles. The second-order valence-corrected chi connectivity index (χ2v) is 10.6. The Bertz CT molecular complexity index is 927. The lowest BCUT2D eigenvalue weighted by molar-refractivity contribution is -0.144. The monoisotopic (exact) mass is 472 g/mol. The number of halogens is 6. The number of rotatable bonds is 4. The number of likely N-dealkylation sites (tertiary alicyclic amines) is 1. The van der Waals surface area contributed by atoms with Gasteiger partial charge in [-0.15, -0.1) is 0 Å². The lowest BCUT2D eigenvalue weighted by Gasteiger charge is -2.60. The Labute approximate surface area is 176 Å². The molecule has 0 amide bonds. The van der Waals surface area contributed by atoms with Crippen LogP contribution in [0.15, 0.2) is 23.1 Å². The third-order valence-electron chi connectivity index (χ3n) is 6.23. The van der Waals surface area contributed by atoms with Gasteiger partial charge in [0.25, 0.3) is 0 Å². The molecular weight excluding hydrogens is 450 g/mol. The normalized spacial score (nSPS) is 23.5. The number of nitrogens with zero attached hydrogens (tertiary/aromatic N) is 2. The summed E-state index contributed by atoms with van der Waals surface area (Å²) in [7, 11) is -4.56. The molecule has 1 spiro atoms. The minimum atomic E-state index is -5.23. The van der Waals surface area contributed by atoms with E-state index in [-0.39, 0.29) is 24.6 Å². The topological polar surface area (TPSA) is 49.9 Å². The first-order valence-corrected chi connectivity index (χ1v) is 11.3. The molecule has 0 atom stereocenters. The molecule has 3 aliphatic heterocycles. The molecule has 0 unspecified atom stereocenters. The van der Waals surface area contributed by atoms with Crippen molar-refractivity contribution in [1.82, 2.24) is 9.21 Å². The molecule has 3 heterocycles. The van der Waals surface area contributed by atoms with Gasteiger partial charge in [-0.3, -0.25) is 0 Å². The number of hydrogen-bond acceptors (Lipinski definition) is 4. The number of hydrogen-bond donors (Lipinski definition) is 0. The molecule has 174 valence electrons. The fourth-order valence-corrected chi connectivity index (χ4v) is 6.55. The van der Waals surface area contributed by atoms with Gasteiger partial charge in [-0.25, -0.2) is 8.42 Å². The Hall–Kier alpha value is -1.37. The average molecular weight is 472 g/mol. The van der Waals surface area contributed by atoms with Crippen molar-refractivity contribution in [3.8, 4) is 0 Å². The van der Waals surface area contributed by atoms with E-state index in [4.69, 9.17) is 4.74 Å². The third kappa shape index (κ3) is 4.44. The van der Waals surface area contributed by atoms with Gasteiger partial charge in [0.1, 0.15) is 0 Å². The average Bonchev–Trinajstić information content (AvgIpc) is 2.61. The Morgan fingerprint density at radius 2 is 1.58 bits per heavy atom. The predicted molar refractivity (Wildman–Crippen MR) is 97.6 cm³/mol. The van der Waals surface area contributed by atoms with Crippen molar-refractivity contribution in [1.29, 1.82) is 0 Å². The van der Waals surface area contributed by atoms with E-state index < -0.39 is 38.4 Å². The summed E-state index contributed by atoms with van der Waals surface area (Å²) in [5.74, 6) is 0.521. The summed E-state index contributed by atoms with van der Waals surface area (Å²) in [4.78, 5) is 1.07. The maximum absolute atomic E-state index is 13.4. The molecule has 5 nitrogen and oxygen atoms in total. The zero-order valence-corrected chi connectivity index (χ0v) is 17.3. The van der Waals surface area contributed by atoms with Crippen LogP contribution in [-0.4, -0.2) is 63.6 Å². The molecule has 1 aromatic carbocycles. The maximum Gasteiger partial charge on any atom is 0.417 e. The molecule has 0 radical (unpaired) electrons. The van der Waals surface area contributed by atoms with Gasteiger partial charge in [0.15, 0.2) is 0 Å². The first kappa shape index (κ1) is 22.8. The van der Waals surface area contributed by atoms with Gasteiger partial charge >= 0.3 is 12.4 Å². The van der Waals surface area contributed by atoms with Crippen molar-refractivity contribution in [2.24, 2.45) is 11.3 Å². The Morgan fingerprint density at radius 1 is 0.968 bits per heavy atom. The summed E-state index contributed by atoms with van der Waals surface area (Å²) in [6.45, 7) is 3.80. The van der Waals surface area contributed by atoms with Crippen molar-refractivity contribution >= 4 is 10.0 Å². The van der Waals surface area contributed by atoms with E-state index in [0.29, 0.717) is 31.1 Å². The molecule has 3 aliphatic rings. The summed E-state index contributed by atoms with van der Waals surface area (Å²) in [5, 5.41) is 0. The van der Waals surface area contributed by atoms with Crippen LogP contribution >= 0.6 is 0 Å². The van der Waals surface area contributed by atoms with Crippen LogP contribution in [0.1, 0.15) is 24.0 Å². The van der Waals surface area contributed by atoms with Crippen molar-refractivity contribution < 1.29 is 39.5 Å². The Kier molecular flexibility index (Phi) is 5.59. The molecule has 0 bridgehead atoms. The van der Waals surface area contributed by atoms with Gasteiger partial charge < -0.3 is 9.64 Å². The van der Waals surface area contributed by atoms with Gasteiger partial charge in [-0.2, -0.15) is 30.6 Å². The minimum Gasteiger partial charge on any atom is -0.381 e. The highest BCUT2D eigenvalue weighted by molar-refractivity contribution is 7.89. The van der Waals surface area contributed by atoms with Crippen LogP contribution in [0.2, 0.25) is 0 Å².